The summed E-state index contributed by atoms with van der Waals surface area (Å²) in [7, 11) is 0. The van der Waals surface area contributed by atoms with E-state index >= 15 is 0 Å². The summed E-state index contributed by atoms with van der Waals surface area (Å²) in [6.45, 7) is 0. The van der Waals surface area contributed by atoms with Gasteiger partial charge in [0.25, 0.3) is 0 Å². The Bertz CT molecular complexity index is 123. The van der Waals surface area contributed by atoms with Crippen LogP contribution in [0.15, 0.2) is 24.3 Å². The molecule has 2 heteroatoms. The minimum Gasteiger partial charge on any atom is -0.361 e. The number of hydrogen-bond donors (Lipinski definition) is 0. The van der Waals surface area contributed by atoms with E-state index in [-0.39, 0.29) is 51.4 Å². The van der Waals surface area contributed by atoms with E-state index in [0.717, 1.165) is 0 Å². The van der Waals surface area contributed by atoms with Crippen LogP contribution in [0.4, 0.5) is 0 Å². The van der Waals surface area contributed by atoms with Gasteiger partial charge in [0.1, 0.15) is 12.2 Å². The number of rotatable bonds is 0. The summed E-state index contributed by atoms with van der Waals surface area (Å²) in [5.41, 5.74) is 0. The molecule has 0 aromatic heterocycles. The molecule has 0 spiro atoms. The van der Waals surface area contributed by atoms with Crippen LogP contribution in [0.5, 0.6) is 0 Å². The monoisotopic (exact) mass is 133 g/mol. The number of hydrogen-bond acceptors (Lipinski definition) is 1. The fraction of sp³-hybridized carbons (Fsp3) is 0.333. The third kappa shape index (κ3) is 1.32. The van der Waals surface area contributed by atoms with Crippen LogP contribution in [-0.2, 0) is 4.74 Å². The van der Waals surface area contributed by atoms with Crippen LogP contribution in [0.1, 0.15) is 0 Å². The molecule has 0 bridgehead atoms. The van der Waals surface area contributed by atoms with Crippen LogP contribution in [0.25, 0.3) is 0 Å². The Balaban J connectivity index is 0.000000320. The van der Waals surface area contributed by atoms with Gasteiger partial charge in [-0.25, -0.2) is 0 Å². The van der Waals surface area contributed by atoms with E-state index in [1.165, 1.54) is 0 Å². The first kappa shape index (κ1) is 7.19. The first-order chi connectivity index (χ1) is 3.47. The molecule has 1 fully saturated rings. The molecule has 1 saturated heterocycles. The molecule has 0 aromatic carbocycles. The molecule has 0 amide bonds. The Hall–Kier alpha value is 1.08. The van der Waals surface area contributed by atoms with Gasteiger partial charge in [0.15, 0.2) is 0 Å². The summed E-state index contributed by atoms with van der Waals surface area (Å²) in [5.74, 6) is 0. The SMILES string of the molecule is C1=CC2OC2C=C1.[K]. The topological polar surface area (TPSA) is 12.5 Å². The van der Waals surface area contributed by atoms with Crippen molar-refractivity contribution in [3.05, 3.63) is 24.3 Å². The van der Waals surface area contributed by atoms with Gasteiger partial charge in [0, 0.05) is 51.4 Å². The van der Waals surface area contributed by atoms with Gasteiger partial charge in [0.2, 0.25) is 0 Å². The van der Waals surface area contributed by atoms with Crippen molar-refractivity contribution in [1.29, 1.82) is 0 Å². The molecule has 2 rings (SSSR count). The summed E-state index contributed by atoms with van der Waals surface area (Å²) in [6.07, 6.45) is 9.06. The zero-order valence-corrected chi connectivity index (χ0v) is 8.00. The summed E-state index contributed by atoms with van der Waals surface area (Å²) >= 11 is 0. The molecule has 1 heterocycles. The van der Waals surface area contributed by atoms with Gasteiger partial charge < -0.3 is 4.74 Å². The third-order valence-corrected chi connectivity index (χ3v) is 1.27. The molecule has 37 valence electrons. The van der Waals surface area contributed by atoms with E-state index in [4.69, 9.17) is 4.74 Å². The molecule has 0 aromatic rings. The quantitative estimate of drug-likeness (QED) is 0.346. The van der Waals surface area contributed by atoms with E-state index in [1.54, 1.807) is 0 Å². The molecular weight excluding hydrogens is 127 g/mol. The molecule has 1 aliphatic carbocycles. The fourth-order valence-corrected chi connectivity index (χ4v) is 0.793. The summed E-state index contributed by atoms with van der Waals surface area (Å²) < 4.78 is 5.10. The zero-order valence-electron chi connectivity index (χ0n) is 4.87. The average molecular weight is 133 g/mol. The van der Waals surface area contributed by atoms with E-state index in [9.17, 15) is 0 Å². The van der Waals surface area contributed by atoms with Crippen molar-refractivity contribution in [2.75, 3.05) is 0 Å². The maximum absolute atomic E-state index is 5.10. The summed E-state index contributed by atoms with van der Waals surface area (Å²) in [6, 6.07) is 0. The van der Waals surface area contributed by atoms with Crippen LogP contribution in [-0.4, -0.2) is 63.6 Å². The standard InChI is InChI=1S/C6H6O.K/c1-2-4-6-5(3-1)7-6;/h1-6H;. The molecule has 1 radical (unpaired) electrons. The Labute approximate surface area is 91.2 Å². The van der Waals surface area contributed by atoms with Crippen molar-refractivity contribution in [2.45, 2.75) is 12.2 Å². The number of epoxide rings is 1. The number of fused-ring (bicyclic) bond motifs is 1. The molecule has 0 saturated carbocycles. The zero-order chi connectivity index (χ0) is 4.69. The normalized spacial score (nSPS) is 38.0. The molecule has 1 aliphatic heterocycles. The first-order valence-corrected chi connectivity index (χ1v) is 2.47. The molecule has 8 heavy (non-hydrogen) atoms. The Morgan fingerprint density at radius 1 is 1.00 bits per heavy atom. The molecule has 1 nitrogen and oxygen atoms in total. The summed E-state index contributed by atoms with van der Waals surface area (Å²) in [5, 5.41) is 0. The van der Waals surface area contributed by atoms with E-state index < -0.39 is 0 Å². The Morgan fingerprint density at radius 3 is 1.88 bits per heavy atom. The second kappa shape index (κ2) is 2.77. The van der Waals surface area contributed by atoms with Gasteiger partial charge in [-0.2, -0.15) is 0 Å². The Morgan fingerprint density at radius 2 is 1.50 bits per heavy atom. The largest absolute Gasteiger partial charge is 0.361 e. The predicted octanol–water partition coefficient (Wildman–Crippen LogP) is 0.499. The molecule has 2 aliphatic rings. The van der Waals surface area contributed by atoms with Crippen LogP contribution < -0.4 is 0 Å². The van der Waals surface area contributed by atoms with Crippen molar-refractivity contribution < 1.29 is 4.74 Å². The minimum atomic E-state index is 0. The van der Waals surface area contributed by atoms with Crippen molar-refractivity contribution >= 4 is 51.4 Å². The van der Waals surface area contributed by atoms with Gasteiger partial charge in [-0.1, -0.05) is 24.3 Å². The van der Waals surface area contributed by atoms with E-state index in [1.807, 2.05) is 12.2 Å². The van der Waals surface area contributed by atoms with Gasteiger partial charge in [-0.3, -0.25) is 0 Å². The van der Waals surface area contributed by atoms with Crippen molar-refractivity contribution in [3.63, 3.8) is 0 Å². The third-order valence-electron chi connectivity index (χ3n) is 1.27. The van der Waals surface area contributed by atoms with Crippen LogP contribution in [0.3, 0.4) is 0 Å². The molecular formula is C6H6KO. The van der Waals surface area contributed by atoms with Crippen LogP contribution in [0.2, 0.25) is 0 Å². The number of allylic oxidation sites excluding steroid dienone is 2. The van der Waals surface area contributed by atoms with Crippen molar-refractivity contribution in [1.82, 2.24) is 0 Å². The van der Waals surface area contributed by atoms with Gasteiger partial charge in [-0.15, -0.1) is 0 Å². The maximum atomic E-state index is 5.10. The molecule has 2 atom stereocenters. The maximum Gasteiger partial charge on any atom is 0.107 e. The molecule has 0 N–H and O–H groups in total. The fourth-order valence-electron chi connectivity index (χ4n) is 0.793. The first-order valence-electron chi connectivity index (χ1n) is 2.47. The van der Waals surface area contributed by atoms with E-state index in [0.29, 0.717) is 12.2 Å². The minimum absolute atomic E-state index is 0. The summed E-state index contributed by atoms with van der Waals surface area (Å²) in [4.78, 5) is 0. The van der Waals surface area contributed by atoms with Crippen LogP contribution >= 0.6 is 0 Å². The average Bonchev–Trinajstić information content (AvgIpc) is 2.41. The van der Waals surface area contributed by atoms with E-state index in [2.05, 4.69) is 12.2 Å². The predicted molar refractivity (Wildman–Crippen MR) is 32.7 cm³/mol. The van der Waals surface area contributed by atoms with Gasteiger partial charge in [-0.05, 0) is 0 Å². The number of ether oxygens (including phenoxy) is 1. The van der Waals surface area contributed by atoms with Gasteiger partial charge in [0.05, 0.1) is 0 Å². The van der Waals surface area contributed by atoms with Crippen LogP contribution in [0, 0.1) is 0 Å². The Kier molecular flexibility index (Phi) is 2.49. The second-order valence-corrected chi connectivity index (χ2v) is 1.84. The van der Waals surface area contributed by atoms with Gasteiger partial charge >= 0.3 is 0 Å². The van der Waals surface area contributed by atoms with Crippen molar-refractivity contribution in [3.8, 4) is 0 Å². The smallest absolute Gasteiger partial charge is 0.107 e. The second-order valence-electron chi connectivity index (χ2n) is 1.84. The van der Waals surface area contributed by atoms with Crippen molar-refractivity contribution in [2.24, 2.45) is 0 Å². The molecule has 2 unspecified atom stereocenters.